The van der Waals surface area contributed by atoms with Crippen molar-refractivity contribution in [2.75, 3.05) is 11.9 Å². The molecule has 0 aromatic rings. The van der Waals surface area contributed by atoms with E-state index in [9.17, 15) is 0 Å². The molecule has 1 saturated heterocycles. The summed E-state index contributed by atoms with van der Waals surface area (Å²) in [4.78, 5) is 2.82. The van der Waals surface area contributed by atoms with Crippen LogP contribution < -0.4 is 0 Å². The molecule has 2 fully saturated rings. The number of nitrogens with zero attached hydrogens (tertiary/aromatic N) is 1. The molecule has 1 heterocycles. The first kappa shape index (κ1) is 11.9. The van der Waals surface area contributed by atoms with Crippen molar-refractivity contribution in [3.63, 3.8) is 0 Å². The molecule has 15 heavy (non-hydrogen) atoms. The van der Waals surface area contributed by atoms with Crippen LogP contribution in [0.3, 0.4) is 0 Å². The summed E-state index contributed by atoms with van der Waals surface area (Å²) in [5.74, 6) is 0. The van der Waals surface area contributed by atoms with Crippen molar-refractivity contribution in [1.29, 1.82) is 0 Å². The third-order valence-electron chi connectivity index (χ3n) is 4.14. The fourth-order valence-electron chi connectivity index (χ4n) is 3.26. The molecule has 1 saturated carbocycles. The van der Waals surface area contributed by atoms with E-state index in [1.54, 1.807) is 0 Å². The molecule has 2 rings (SSSR count). The van der Waals surface area contributed by atoms with E-state index in [-0.39, 0.29) is 0 Å². The zero-order chi connectivity index (χ0) is 10.5. The molecule has 0 bridgehead atoms. The fraction of sp³-hybridized carbons (Fsp3) is 1.00. The zero-order valence-corrected chi connectivity index (χ0v) is 11.3. The van der Waals surface area contributed by atoms with Gasteiger partial charge in [0, 0.05) is 17.4 Å². The van der Waals surface area contributed by atoms with Gasteiger partial charge in [0.05, 0.1) is 0 Å². The smallest absolute Gasteiger partial charge is 0.0195 e. The molecule has 2 aliphatic rings. The van der Waals surface area contributed by atoms with Crippen LogP contribution in [-0.4, -0.2) is 28.9 Å². The van der Waals surface area contributed by atoms with Gasteiger partial charge in [-0.3, -0.25) is 4.90 Å². The van der Waals surface area contributed by atoms with Crippen molar-refractivity contribution in [3.05, 3.63) is 0 Å². The Balaban J connectivity index is 1.92. The van der Waals surface area contributed by atoms with Gasteiger partial charge < -0.3 is 0 Å². The lowest BCUT2D eigenvalue weighted by Crippen LogP contribution is -2.47. The molecule has 0 amide bonds. The molecule has 0 spiro atoms. The number of rotatable bonds is 2. The molecule has 0 N–H and O–H groups in total. The molecule has 0 aromatic carbocycles. The monoisotopic (exact) mass is 273 g/mol. The Bertz CT molecular complexity index is 175. The summed E-state index contributed by atoms with van der Waals surface area (Å²) in [6.45, 7) is 1.36. The van der Waals surface area contributed by atoms with Gasteiger partial charge in [0.25, 0.3) is 0 Å². The Morgan fingerprint density at radius 3 is 2.20 bits per heavy atom. The number of hydrogen-bond donors (Lipinski definition) is 0. The second-order valence-corrected chi connectivity index (χ2v) is 5.83. The lowest BCUT2D eigenvalue weighted by atomic mass is 9.98. The van der Waals surface area contributed by atoms with E-state index in [1.165, 1.54) is 69.7 Å². The third kappa shape index (κ3) is 3.20. The van der Waals surface area contributed by atoms with E-state index in [0.717, 1.165) is 12.1 Å². The normalized spacial score (nSPS) is 31.4. The van der Waals surface area contributed by atoms with Gasteiger partial charge in [0.15, 0.2) is 0 Å². The van der Waals surface area contributed by atoms with E-state index in [0.29, 0.717) is 0 Å². The van der Waals surface area contributed by atoms with Gasteiger partial charge in [-0.05, 0) is 32.2 Å². The molecular formula is C13H24BrN. The minimum Gasteiger partial charge on any atom is -0.297 e. The lowest BCUT2D eigenvalue weighted by molar-refractivity contribution is 0.0985. The van der Waals surface area contributed by atoms with Crippen LogP contribution in [-0.2, 0) is 0 Å². The fourth-order valence-corrected chi connectivity index (χ4v) is 3.95. The standard InChI is InChI=1S/C13H24BrN/c14-11-13-9-5-6-10-15(13)12-7-3-1-2-4-8-12/h12-13H,1-11H2. The van der Waals surface area contributed by atoms with E-state index < -0.39 is 0 Å². The highest BCUT2D eigenvalue weighted by Crippen LogP contribution is 2.28. The van der Waals surface area contributed by atoms with Crippen LogP contribution in [0.2, 0.25) is 0 Å². The van der Waals surface area contributed by atoms with E-state index in [1.807, 2.05) is 0 Å². The maximum Gasteiger partial charge on any atom is 0.0195 e. The van der Waals surface area contributed by atoms with Crippen molar-refractivity contribution in [3.8, 4) is 0 Å². The van der Waals surface area contributed by atoms with Crippen LogP contribution in [0, 0.1) is 0 Å². The highest BCUT2D eigenvalue weighted by molar-refractivity contribution is 9.09. The van der Waals surface area contributed by atoms with E-state index >= 15 is 0 Å². The van der Waals surface area contributed by atoms with Gasteiger partial charge in [-0.1, -0.05) is 48.0 Å². The van der Waals surface area contributed by atoms with Crippen molar-refractivity contribution in [2.24, 2.45) is 0 Å². The first-order valence-electron chi connectivity index (χ1n) is 6.73. The Morgan fingerprint density at radius 1 is 0.867 bits per heavy atom. The molecule has 0 aromatic heterocycles. The summed E-state index contributed by atoms with van der Waals surface area (Å²) in [7, 11) is 0. The summed E-state index contributed by atoms with van der Waals surface area (Å²) in [5.41, 5.74) is 0. The van der Waals surface area contributed by atoms with E-state index in [2.05, 4.69) is 20.8 Å². The van der Waals surface area contributed by atoms with Gasteiger partial charge in [0.2, 0.25) is 0 Å². The Labute approximate surface area is 103 Å². The summed E-state index contributed by atoms with van der Waals surface area (Å²) in [5, 5.41) is 1.18. The van der Waals surface area contributed by atoms with Crippen molar-refractivity contribution in [1.82, 2.24) is 4.90 Å². The number of likely N-dealkylation sites (tertiary alicyclic amines) is 1. The van der Waals surface area contributed by atoms with Crippen molar-refractivity contribution >= 4 is 15.9 Å². The second kappa shape index (κ2) is 6.24. The number of halogens is 1. The first-order chi connectivity index (χ1) is 7.42. The third-order valence-corrected chi connectivity index (χ3v) is 4.89. The van der Waals surface area contributed by atoms with Crippen LogP contribution in [0.5, 0.6) is 0 Å². The summed E-state index contributed by atoms with van der Waals surface area (Å²) >= 11 is 3.70. The molecule has 1 unspecified atom stereocenters. The molecule has 1 aliphatic heterocycles. The minimum atomic E-state index is 0.835. The zero-order valence-electron chi connectivity index (χ0n) is 9.76. The highest BCUT2D eigenvalue weighted by Gasteiger charge is 2.28. The molecule has 2 heteroatoms. The quantitative estimate of drug-likeness (QED) is 0.544. The predicted octanol–water partition coefficient (Wildman–Crippen LogP) is 3.96. The van der Waals surface area contributed by atoms with Crippen molar-refractivity contribution < 1.29 is 0 Å². The maximum atomic E-state index is 3.70. The van der Waals surface area contributed by atoms with Crippen LogP contribution >= 0.6 is 15.9 Å². The van der Waals surface area contributed by atoms with Crippen LogP contribution in [0.1, 0.15) is 57.8 Å². The summed E-state index contributed by atoms with van der Waals surface area (Å²) < 4.78 is 0. The summed E-state index contributed by atoms with van der Waals surface area (Å²) in [6.07, 6.45) is 13.1. The van der Waals surface area contributed by atoms with Gasteiger partial charge in [-0.15, -0.1) is 0 Å². The predicted molar refractivity (Wildman–Crippen MR) is 69.6 cm³/mol. The Hall–Kier alpha value is 0.440. The molecule has 88 valence electrons. The Kier molecular flexibility index (Phi) is 4.96. The van der Waals surface area contributed by atoms with Crippen LogP contribution in [0.15, 0.2) is 0 Å². The molecule has 1 atom stereocenters. The Morgan fingerprint density at radius 2 is 1.53 bits per heavy atom. The topological polar surface area (TPSA) is 3.24 Å². The molecule has 0 radical (unpaired) electrons. The molecule has 1 nitrogen and oxygen atoms in total. The van der Waals surface area contributed by atoms with Gasteiger partial charge in [-0.2, -0.15) is 0 Å². The number of alkyl halides is 1. The van der Waals surface area contributed by atoms with Crippen molar-refractivity contribution in [2.45, 2.75) is 69.9 Å². The first-order valence-corrected chi connectivity index (χ1v) is 7.85. The SMILES string of the molecule is BrCC1CCCCN1C1CCCCCC1. The molecule has 1 aliphatic carbocycles. The largest absolute Gasteiger partial charge is 0.297 e. The average Bonchev–Trinajstić information content (AvgIpc) is 2.57. The molecular weight excluding hydrogens is 250 g/mol. The van der Waals surface area contributed by atoms with Gasteiger partial charge >= 0.3 is 0 Å². The van der Waals surface area contributed by atoms with E-state index in [4.69, 9.17) is 0 Å². The minimum absolute atomic E-state index is 0.835. The van der Waals surface area contributed by atoms with Gasteiger partial charge in [-0.25, -0.2) is 0 Å². The lowest BCUT2D eigenvalue weighted by Gasteiger charge is -2.40. The summed E-state index contributed by atoms with van der Waals surface area (Å²) in [6, 6.07) is 1.75. The van der Waals surface area contributed by atoms with Crippen LogP contribution in [0.25, 0.3) is 0 Å². The average molecular weight is 274 g/mol. The van der Waals surface area contributed by atoms with Crippen LogP contribution in [0.4, 0.5) is 0 Å². The van der Waals surface area contributed by atoms with Gasteiger partial charge in [0.1, 0.15) is 0 Å². The number of piperidine rings is 1. The maximum absolute atomic E-state index is 3.70. The second-order valence-electron chi connectivity index (χ2n) is 5.19. The number of hydrogen-bond acceptors (Lipinski definition) is 1. The highest BCUT2D eigenvalue weighted by atomic mass is 79.9.